The first kappa shape index (κ1) is 16.5. The summed E-state index contributed by atoms with van der Waals surface area (Å²) < 4.78 is 5.09. The third-order valence-electron chi connectivity index (χ3n) is 4.34. The maximum Gasteiger partial charge on any atom is 0.256 e. The number of anilines is 1. The minimum absolute atomic E-state index is 0.258. The number of amides is 2. The van der Waals surface area contributed by atoms with Gasteiger partial charge < -0.3 is 15.8 Å². The zero-order valence-corrected chi connectivity index (χ0v) is 14.5. The molecule has 1 heterocycles. The first-order valence-electron chi connectivity index (χ1n) is 7.89. The van der Waals surface area contributed by atoms with Crippen LogP contribution in [-0.4, -0.2) is 18.9 Å². The molecule has 1 aliphatic carbocycles. The lowest BCUT2D eigenvalue weighted by Gasteiger charge is -2.18. The van der Waals surface area contributed by atoms with Crippen LogP contribution in [0, 0.1) is 5.92 Å². The number of primary amides is 1. The minimum atomic E-state index is -0.480. The number of carbonyl (C=O) groups is 2. The van der Waals surface area contributed by atoms with E-state index >= 15 is 0 Å². The summed E-state index contributed by atoms with van der Waals surface area (Å²) in [6.45, 7) is 2.20. The van der Waals surface area contributed by atoms with E-state index in [0.717, 1.165) is 29.7 Å². The molecule has 2 aromatic rings. The van der Waals surface area contributed by atoms with E-state index in [1.807, 2.05) is 0 Å². The molecule has 126 valence electrons. The van der Waals surface area contributed by atoms with Crippen LogP contribution in [0.25, 0.3) is 0 Å². The summed E-state index contributed by atoms with van der Waals surface area (Å²) in [5.74, 6) is 0.533. The summed E-state index contributed by atoms with van der Waals surface area (Å²) in [5.41, 5.74) is 7.56. The van der Waals surface area contributed by atoms with Gasteiger partial charge in [-0.15, -0.1) is 11.3 Å². The Labute approximate surface area is 144 Å². The van der Waals surface area contributed by atoms with Crippen molar-refractivity contribution in [1.82, 2.24) is 0 Å². The molecule has 3 N–H and O–H groups in total. The van der Waals surface area contributed by atoms with E-state index in [-0.39, 0.29) is 5.91 Å². The average Bonchev–Trinajstić information content (AvgIpc) is 2.91. The first-order chi connectivity index (χ1) is 11.5. The highest BCUT2D eigenvalue weighted by atomic mass is 32.1. The number of hydrogen-bond acceptors (Lipinski definition) is 4. The Morgan fingerprint density at radius 3 is 2.62 bits per heavy atom. The molecule has 3 rings (SSSR count). The summed E-state index contributed by atoms with van der Waals surface area (Å²) in [6.07, 6.45) is 2.80. The molecule has 0 saturated carbocycles. The van der Waals surface area contributed by atoms with E-state index in [4.69, 9.17) is 10.5 Å². The number of fused-ring (bicyclic) bond motifs is 1. The molecule has 0 unspecified atom stereocenters. The lowest BCUT2D eigenvalue weighted by molar-refractivity contribution is 0.1000. The smallest absolute Gasteiger partial charge is 0.256 e. The summed E-state index contributed by atoms with van der Waals surface area (Å²) in [4.78, 5) is 25.5. The fourth-order valence-corrected chi connectivity index (χ4v) is 4.43. The molecule has 5 nitrogen and oxygen atoms in total. The van der Waals surface area contributed by atoms with Gasteiger partial charge in [0, 0.05) is 10.4 Å². The van der Waals surface area contributed by atoms with Gasteiger partial charge in [0.15, 0.2) is 0 Å². The summed E-state index contributed by atoms with van der Waals surface area (Å²) >= 11 is 1.47. The van der Waals surface area contributed by atoms with E-state index in [1.165, 1.54) is 11.3 Å². The Kier molecular flexibility index (Phi) is 4.57. The van der Waals surface area contributed by atoms with Crippen molar-refractivity contribution in [1.29, 1.82) is 0 Å². The molecule has 0 fully saturated rings. The van der Waals surface area contributed by atoms with E-state index in [9.17, 15) is 9.59 Å². The van der Waals surface area contributed by atoms with Gasteiger partial charge in [0.25, 0.3) is 11.8 Å². The Morgan fingerprint density at radius 1 is 1.29 bits per heavy atom. The maximum atomic E-state index is 12.5. The zero-order valence-electron chi connectivity index (χ0n) is 13.7. The molecule has 24 heavy (non-hydrogen) atoms. The van der Waals surface area contributed by atoms with Gasteiger partial charge in [-0.2, -0.15) is 0 Å². The molecule has 0 radical (unpaired) electrons. The molecule has 1 aliphatic rings. The van der Waals surface area contributed by atoms with Crippen LogP contribution in [0.1, 0.15) is 44.5 Å². The van der Waals surface area contributed by atoms with Crippen LogP contribution in [0.5, 0.6) is 5.75 Å². The third-order valence-corrected chi connectivity index (χ3v) is 5.51. The van der Waals surface area contributed by atoms with Crippen LogP contribution in [0.2, 0.25) is 0 Å². The van der Waals surface area contributed by atoms with Gasteiger partial charge in [-0.1, -0.05) is 6.92 Å². The Bertz CT molecular complexity index is 780. The standard InChI is InChI=1S/C18H20N2O3S/c1-10-3-8-13-14(9-10)24-18(15(13)16(19)21)20-17(22)11-4-6-12(23-2)7-5-11/h4-7,10H,3,8-9H2,1-2H3,(H2,19,21)(H,20,22)/t10-/m1/s1. The average molecular weight is 344 g/mol. The number of hydrogen-bond donors (Lipinski definition) is 2. The monoisotopic (exact) mass is 344 g/mol. The van der Waals surface area contributed by atoms with Gasteiger partial charge in [-0.3, -0.25) is 9.59 Å². The SMILES string of the molecule is COc1ccc(C(=O)Nc2sc3c(c2C(N)=O)CC[C@@H](C)C3)cc1. The lowest BCUT2D eigenvalue weighted by atomic mass is 9.88. The van der Waals surface area contributed by atoms with Crippen molar-refractivity contribution < 1.29 is 14.3 Å². The molecule has 1 aromatic carbocycles. The van der Waals surface area contributed by atoms with Crippen LogP contribution >= 0.6 is 11.3 Å². The van der Waals surface area contributed by atoms with Crippen LogP contribution in [0.3, 0.4) is 0 Å². The normalized spacial score (nSPS) is 16.3. The lowest BCUT2D eigenvalue weighted by Crippen LogP contribution is -2.19. The van der Waals surface area contributed by atoms with Crippen LogP contribution in [0.4, 0.5) is 5.00 Å². The fraction of sp³-hybridized carbons (Fsp3) is 0.333. The molecule has 0 aliphatic heterocycles. The molecule has 1 aromatic heterocycles. The quantitative estimate of drug-likeness (QED) is 0.893. The number of carbonyl (C=O) groups excluding carboxylic acids is 2. The number of nitrogens with two attached hydrogens (primary N) is 1. The minimum Gasteiger partial charge on any atom is -0.497 e. The summed E-state index contributed by atoms with van der Waals surface area (Å²) in [5, 5.41) is 3.41. The van der Waals surface area contributed by atoms with Crippen molar-refractivity contribution in [2.24, 2.45) is 11.7 Å². The van der Waals surface area contributed by atoms with Crippen molar-refractivity contribution in [3.8, 4) is 5.75 Å². The van der Waals surface area contributed by atoms with E-state index in [1.54, 1.807) is 31.4 Å². The molecule has 0 saturated heterocycles. The summed E-state index contributed by atoms with van der Waals surface area (Å²) in [7, 11) is 1.57. The molecular formula is C18H20N2O3S. The Hall–Kier alpha value is -2.34. The van der Waals surface area contributed by atoms with Crippen LogP contribution < -0.4 is 15.8 Å². The van der Waals surface area contributed by atoms with Gasteiger partial charge in [0.05, 0.1) is 12.7 Å². The van der Waals surface area contributed by atoms with Crippen molar-refractivity contribution in [3.63, 3.8) is 0 Å². The summed E-state index contributed by atoms with van der Waals surface area (Å²) in [6, 6.07) is 6.83. The highest BCUT2D eigenvalue weighted by molar-refractivity contribution is 7.17. The molecular weight excluding hydrogens is 324 g/mol. The van der Waals surface area contributed by atoms with Crippen molar-refractivity contribution in [3.05, 3.63) is 45.8 Å². The van der Waals surface area contributed by atoms with E-state index in [0.29, 0.717) is 27.8 Å². The topological polar surface area (TPSA) is 81.4 Å². The van der Waals surface area contributed by atoms with Gasteiger partial charge in [-0.25, -0.2) is 0 Å². The predicted molar refractivity (Wildman–Crippen MR) is 95.0 cm³/mol. The second-order valence-corrected chi connectivity index (χ2v) is 7.21. The van der Waals surface area contributed by atoms with Gasteiger partial charge in [0.2, 0.25) is 0 Å². The van der Waals surface area contributed by atoms with Crippen LogP contribution in [0.15, 0.2) is 24.3 Å². The van der Waals surface area contributed by atoms with E-state index < -0.39 is 5.91 Å². The van der Waals surface area contributed by atoms with E-state index in [2.05, 4.69) is 12.2 Å². The van der Waals surface area contributed by atoms with Gasteiger partial charge in [-0.05, 0) is 55.0 Å². The van der Waals surface area contributed by atoms with Crippen molar-refractivity contribution in [2.75, 3.05) is 12.4 Å². The maximum absolute atomic E-state index is 12.5. The molecule has 6 heteroatoms. The molecule has 0 spiro atoms. The van der Waals surface area contributed by atoms with Crippen molar-refractivity contribution in [2.45, 2.75) is 26.2 Å². The number of benzene rings is 1. The zero-order chi connectivity index (χ0) is 17.3. The number of nitrogens with one attached hydrogen (secondary N) is 1. The second kappa shape index (κ2) is 6.65. The molecule has 1 atom stereocenters. The second-order valence-electron chi connectivity index (χ2n) is 6.10. The largest absolute Gasteiger partial charge is 0.497 e. The van der Waals surface area contributed by atoms with Gasteiger partial charge in [0.1, 0.15) is 10.8 Å². The highest BCUT2D eigenvalue weighted by Crippen LogP contribution is 2.39. The third kappa shape index (κ3) is 3.14. The van der Waals surface area contributed by atoms with Crippen molar-refractivity contribution >= 4 is 28.2 Å². The molecule has 0 bridgehead atoms. The number of ether oxygens (including phenoxy) is 1. The number of thiophene rings is 1. The Balaban J connectivity index is 1.88. The number of rotatable bonds is 4. The predicted octanol–water partition coefficient (Wildman–Crippen LogP) is 3.23. The van der Waals surface area contributed by atoms with Crippen LogP contribution in [-0.2, 0) is 12.8 Å². The fourth-order valence-electron chi connectivity index (χ4n) is 3.02. The highest BCUT2D eigenvalue weighted by Gasteiger charge is 2.27. The van der Waals surface area contributed by atoms with Gasteiger partial charge >= 0.3 is 0 Å². The first-order valence-corrected chi connectivity index (χ1v) is 8.71. The number of methoxy groups -OCH3 is 1. The Morgan fingerprint density at radius 2 is 2.00 bits per heavy atom. The molecule has 2 amide bonds.